The van der Waals surface area contributed by atoms with Gasteiger partial charge < -0.3 is 19.7 Å². The number of nitrogens with one attached hydrogen (secondary N) is 1. The fraction of sp³-hybridized carbons (Fsp3) is 0.731. The van der Waals surface area contributed by atoms with E-state index in [0.717, 1.165) is 83.7 Å². The third kappa shape index (κ3) is 8.08. The van der Waals surface area contributed by atoms with Crippen LogP contribution >= 0.6 is 24.0 Å². The minimum Gasteiger partial charge on any atom is -0.381 e. The average Bonchev–Trinajstić information content (AvgIpc) is 2.85. The van der Waals surface area contributed by atoms with Crippen molar-refractivity contribution in [3.8, 4) is 0 Å². The van der Waals surface area contributed by atoms with Crippen LogP contribution in [0, 0.1) is 11.8 Å². The number of hydrogen-bond acceptors (Lipinski definition) is 4. The zero-order chi connectivity index (χ0) is 22.0. The van der Waals surface area contributed by atoms with E-state index in [0.29, 0.717) is 12.0 Å². The normalized spacial score (nSPS) is 24.8. The summed E-state index contributed by atoms with van der Waals surface area (Å²) in [5, 5.41) is 3.59. The second-order valence-electron chi connectivity index (χ2n) is 9.62. The second kappa shape index (κ2) is 14.5. The molecular formula is C26H43IN4O2. The molecule has 3 heterocycles. The van der Waals surface area contributed by atoms with Crippen LogP contribution in [0.25, 0.3) is 0 Å². The summed E-state index contributed by atoms with van der Waals surface area (Å²) in [6.07, 6.45) is 7.18. The topological polar surface area (TPSA) is 49.3 Å². The molecule has 186 valence electrons. The van der Waals surface area contributed by atoms with Gasteiger partial charge in [0, 0.05) is 65.7 Å². The van der Waals surface area contributed by atoms with Crippen molar-refractivity contribution >= 4 is 29.9 Å². The van der Waals surface area contributed by atoms with E-state index in [-0.39, 0.29) is 24.0 Å². The molecule has 7 heteroatoms. The molecule has 0 bridgehead atoms. The fourth-order valence-corrected chi connectivity index (χ4v) is 5.58. The summed E-state index contributed by atoms with van der Waals surface area (Å²) in [6.45, 7) is 8.95. The van der Waals surface area contributed by atoms with Crippen molar-refractivity contribution in [3.05, 3.63) is 35.9 Å². The SMILES string of the molecule is CN=C(NCCCOCC1CCOCC1)N1CCC2C(CCCN2Cc2ccccc2)C1.I. The molecule has 3 fully saturated rings. The lowest BCUT2D eigenvalue weighted by atomic mass is 9.83. The van der Waals surface area contributed by atoms with E-state index in [2.05, 4.69) is 50.4 Å². The standard InChI is InChI=1S/C26H42N4O2.HI/c1-27-26(28-13-6-16-32-21-23-11-17-31-18-12-23)30-15-10-25-24(20-30)9-5-14-29(25)19-22-7-3-2-4-8-22;/h2-4,7-8,23-25H,5-6,9-21H2,1H3,(H,27,28);1H. The number of hydrogen-bond donors (Lipinski definition) is 1. The highest BCUT2D eigenvalue weighted by Crippen LogP contribution is 2.31. The summed E-state index contributed by atoms with van der Waals surface area (Å²) >= 11 is 0. The minimum absolute atomic E-state index is 0. The van der Waals surface area contributed by atoms with Gasteiger partial charge in [-0.25, -0.2) is 0 Å². The lowest BCUT2D eigenvalue weighted by Crippen LogP contribution is -2.56. The molecule has 3 aliphatic heterocycles. The number of aliphatic imine (C=N–C) groups is 1. The third-order valence-corrected chi connectivity index (χ3v) is 7.37. The van der Waals surface area contributed by atoms with Crippen molar-refractivity contribution in [1.82, 2.24) is 15.1 Å². The third-order valence-electron chi connectivity index (χ3n) is 7.37. The molecule has 0 amide bonds. The number of halogens is 1. The molecule has 6 nitrogen and oxygen atoms in total. The maximum atomic E-state index is 5.91. The van der Waals surface area contributed by atoms with Gasteiger partial charge in [-0.15, -0.1) is 24.0 Å². The Morgan fingerprint density at radius 1 is 1.12 bits per heavy atom. The van der Waals surface area contributed by atoms with E-state index in [1.807, 2.05) is 7.05 Å². The van der Waals surface area contributed by atoms with Crippen LogP contribution in [0.2, 0.25) is 0 Å². The van der Waals surface area contributed by atoms with Crippen molar-refractivity contribution in [1.29, 1.82) is 0 Å². The molecule has 1 N–H and O–H groups in total. The molecule has 2 atom stereocenters. The Bertz CT molecular complexity index is 699. The van der Waals surface area contributed by atoms with Crippen molar-refractivity contribution in [2.75, 3.05) is 59.7 Å². The minimum atomic E-state index is 0. The predicted octanol–water partition coefficient (Wildman–Crippen LogP) is 4.00. The van der Waals surface area contributed by atoms with Crippen LogP contribution in [0.5, 0.6) is 0 Å². The summed E-state index contributed by atoms with van der Waals surface area (Å²) in [5.74, 6) is 2.48. The molecule has 0 aromatic heterocycles. The maximum absolute atomic E-state index is 5.91. The molecule has 3 saturated heterocycles. The molecular weight excluding hydrogens is 527 g/mol. The van der Waals surface area contributed by atoms with Crippen LogP contribution in [0.3, 0.4) is 0 Å². The first-order valence-electron chi connectivity index (χ1n) is 12.7. The van der Waals surface area contributed by atoms with Gasteiger partial charge in [-0.1, -0.05) is 30.3 Å². The summed E-state index contributed by atoms with van der Waals surface area (Å²) < 4.78 is 11.3. The first-order chi connectivity index (χ1) is 15.8. The molecule has 3 aliphatic rings. The van der Waals surface area contributed by atoms with Crippen LogP contribution in [-0.2, 0) is 16.0 Å². The van der Waals surface area contributed by atoms with Gasteiger partial charge in [0.1, 0.15) is 0 Å². The van der Waals surface area contributed by atoms with E-state index in [1.165, 1.54) is 31.4 Å². The average molecular weight is 571 g/mol. The number of likely N-dealkylation sites (tertiary alicyclic amines) is 2. The van der Waals surface area contributed by atoms with Crippen molar-refractivity contribution < 1.29 is 9.47 Å². The molecule has 1 aromatic carbocycles. The molecule has 4 rings (SSSR count). The number of nitrogens with zero attached hydrogens (tertiary/aromatic N) is 3. The molecule has 1 aromatic rings. The van der Waals surface area contributed by atoms with Gasteiger partial charge in [0.15, 0.2) is 5.96 Å². The van der Waals surface area contributed by atoms with E-state index >= 15 is 0 Å². The Kier molecular flexibility index (Phi) is 11.7. The Labute approximate surface area is 217 Å². The quantitative estimate of drug-likeness (QED) is 0.222. The summed E-state index contributed by atoms with van der Waals surface area (Å²) in [4.78, 5) is 9.80. The van der Waals surface area contributed by atoms with Gasteiger partial charge in [0.25, 0.3) is 0 Å². The molecule has 0 aliphatic carbocycles. The fourth-order valence-electron chi connectivity index (χ4n) is 5.58. The van der Waals surface area contributed by atoms with Gasteiger partial charge in [-0.05, 0) is 62.5 Å². The molecule has 0 saturated carbocycles. The summed E-state index contributed by atoms with van der Waals surface area (Å²) in [7, 11) is 1.92. The Balaban J connectivity index is 0.00000306. The summed E-state index contributed by atoms with van der Waals surface area (Å²) in [5.41, 5.74) is 1.44. The second-order valence-corrected chi connectivity index (χ2v) is 9.62. The van der Waals surface area contributed by atoms with Crippen LogP contribution < -0.4 is 5.32 Å². The van der Waals surface area contributed by atoms with Crippen LogP contribution in [0.1, 0.15) is 44.1 Å². The zero-order valence-corrected chi connectivity index (χ0v) is 22.6. The van der Waals surface area contributed by atoms with E-state index in [1.54, 1.807) is 0 Å². The molecule has 2 unspecified atom stereocenters. The number of benzene rings is 1. The van der Waals surface area contributed by atoms with Crippen molar-refractivity contribution in [2.24, 2.45) is 16.8 Å². The summed E-state index contributed by atoms with van der Waals surface area (Å²) in [6, 6.07) is 11.7. The lowest BCUT2D eigenvalue weighted by molar-refractivity contribution is 0.0202. The number of rotatable bonds is 8. The number of fused-ring (bicyclic) bond motifs is 1. The number of guanidine groups is 1. The van der Waals surface area contributed by atoms with Crippen molar-refractivity contribution in [2.45, 2.75) is 51.1 Å². The van der Waals surface area contributed by atoms with Gasteiger partial charge in [-0.2, -0.15) is 0 Å². The predicted molar refractivity (Wildman–Crippen MR) is 145 cm³/mol. The monoisotopic (exact) mass is 570 g/mol. The highest BCUT2D eigenvalue weighted by atomic mass is 127. The smallest absolute Gasteiger partial charge is 0.193 e. The largest absolute Gasteiger partial charge is 0.381 e. The molecule has 0 radical (unpaired) electrons. The molecule has 33 heavy (non-hydrogen) atoms. The van der Waals surface area contributed by atoms with Crippen LogP contribution in [0.15, 0.2) is 35.3 Å². The molecule has 0 spiro atoms. The Morgan fingerprint density at radius 2 is 1.94 bits per heavy atom. The van der Waals surface area contributed by atoms with E-state index < -0.39 is 0 Å². The van der Waals surface area contributed by atoms with Crippen molar-refractivity contribution in [3.63, 3.8) is 0 Å². The van der Waals surface area contributed by atoms with Gasteiger partial charge >= 0.3 is 0 Å². The first-order valence-corrected chi connectivity index (χ1v) is 12.7. The van der Waals surface area contributed by atoms with Gasteiger partial charge in [0.2, 0.25) is 0 Å². The maximum Gasteiger partial charge on any atom is 0.193 e. The highest BCUT2D eigenvalue weighted by molar-refractivity contribution is 14.0. The zero-order valence-electron chi connectivity index (χ0n) is 20.3. The Morgan fingerprint density at radius 3 is 2.73 bits per heavy atom. The van der Waals surface area contributed by atoms with E-state index in [9.17, 15) is 0 Å². The Hall–Kier alpha value is -0.900. The van der Waals surface area contributed by atoms with Gasteiger partial charge in [-0.3, -0.25) is 9.89 Å². The van der Waals surface area contributed by atoms with E-state index in [4.69, 9.17) is 9.47 Å². The number of piperidine rings is 2. The first kappa shape index (κ1) is 26.7. The number of ether oxygens (including phenoxy) is 2. The highest BCUT2D eigenvalue weighted by Gasteiger charge is 2.36. The van der Waals surface area contributed by atoms with Crippen LogP contribution in [-0.4, -0.2) is 81.5 Å². The van der Waals surface area contributed by atoms with Crippen LogP contribution in [0.4, 0.5) is 0 Å². The lowest BCUT2D eigenvalue weighted by Gasteiger charge is -2.48. The van der Waals surface area contributed by atoms with Gasteiger partial charge in [0.05, 0.1) is 0 Å².